The normalized spacial score (nSPS) is 26.8. The van der Waals surface area contributed by atoms with Gasteiger partial charge < -0.3 is 15.0 Å². The summed E-state index contributed by atoms with van der Waals surface area (Å²) < 4.78 is 5.34. The Labute approximate surface area is 126 Å². The first-order valence-corrected chi connectivity index (χ1v) is 7.62. The number of amides is 1. The number of fused-ring (bicyclic) bond motifs is 1. The van der Waals surface area contributed by atoms with Crippen LogP contribution in [0.15, 0.2) is 18.2 Å². The van der Waals surface area contributed by atoms with Crippen molar-refractivity contribution in [3.63, 3.8) is 0 Å². The molecule has 2 fully saturated rings. The summed E-state index contributed by atoms with van der Waals surface area (Å²) in [5.74, 6) is 2.03. The zero-order chi connectivity index (χ0) is 15.2. The number of nitrogens with one attached hydrogen (secondary N) is 1. The van der Waals surface area contributed by atoms with Gasteiger partial charge >= 0.3 is 0 Å². The van der Waals surface area contributed by atoms with Crippen molar-refractivity contribution in [2.75, 3.05) is 26.7 Å². The molecule has 1 aromatic rings. The Morgan fingerprint density at radius 2 is 2.14 bits per heavy atom. The molecule has 21 heavy (non-hydrogen) atoms. The number of hydrogen-bond acceptors (Lipinski definition) is 3. The molecule has 0 radical (unpaired) electrons. The van der Waals surface area contributed by atoms with E-state index in [4.69, 9.17) is 4.74 Å². The summed E-state index contributed by atoms with van der Waals surface area (Å²) in [5.41, 5.74) is 1.68. The summed E-state index contributed by atoms with van der Waals surface area (Å²) in [6.45, 7) is 9.25. The third-order valence-corrected chi connectivity index (χ3v) is 5.26. The van der Waals surface area contributed by atoms with Crippen LogP contribution in [0.25, 0.3) is 0 Å². The van der Waals surface area contributed by atoms with Crippen molar-refractivity contribution in [2.24, 2.45) is 11.8 Å². The zero-order valence-corrected chi connectivity index (χ0v) is 13.3. The highest BCUT2D eigenvalue weighted by molar-refractivity contribution is 5.95. The Morgan fingerprint density at radius 1 is 1.38 bits per heavy atom. The summed E-state index contributed by atoms with van der Waals surface area (Å²) in [7, 11) is 1.65. The second kappa shape index (κ2) is 5.02. The fourth-order valence-electron chi connectivity index (χ4n) is 3.87. The molecule has 2 unspecified atom stereocenters. The maximum Gasteiger partial charge on any atom is 0.254 e. The maximum absolute atomic E-state index is 12.9. The molecule has 114 valence electrons. The average molecular weight is 288 g/mol. The van der Waals surface area contributed by atoms with Crippen LogP contribution in [0.1, 0.15) is 29.8 Å². The van der Waals surface area contributed by atoms with Crippen LogP contribution in [0.2, 0.25) is 0 Å². The Hall–Kier alpha value is -1.55. The quantitative estimate of drug-likeness (QED) is 0.906. The third kappa shape index (κ3) is 2.22. The highest BCUT2D eigenvalue weighted by Crippen LogP contribution is 2.41. The van der Waals surface area contributed by atoms with Crippen LogP contribution in [0.5, 0.6) is 5.75 Å². The predicted molar refractivity (Wildman–Crippen MR) is 82.7 cm³/mol. The molecule has 3 rings (SSSR count). The van der Waals surface area contributed by atoms with Gasteiger partial charge in [0.2, 0.25) is 0 Å². The first kappa shape index (κ1) is 14.4. The number of methoxy groups -OCH3 is 1. The smallest absolute Gasteiger partial charge is 0.254 e. The van der Waals surface area contributed by atoms with Gasteiger partial charge in [-0.1, -0.05) is 6.07 Å². The van der Waals surface area contributed by atoms with Crippen LogP contribution in [0.4, 0.5) is 0 Å². The lowest BCUT2D eigenvalue weighted by Crippen LogP contribution is -2.47. The lowest BCUT2D eigenvalue weighted by molar-refractivity contribution is 0.0603. The van der Waals surface area contributed by atoms with Crippen molar-refractivity contribution in [3.05, 3.63) is 29.3 Å². The molecule has 4 heteroatoms. The molecule has 0 spiro atoms. The van der Waals surface area contributed by atoms with Crippen LogP contribution in [-0.4, -0.2) is 43.1 Å². The number of ether oxygens (including phenoxy) is 1. The number of carbonyl (C=O) groups is 1. The first-order chi connectivity index (χ1) is 9.95. The molecular weight excluding hydrogens is 264 g/mol. The average Bonchev–Trinajstić information content (AvgIpc) is 3.01. The Morgan fingerprint density at radius 3 is 2.81 bits per heavy atom. The van der Waals surface area contributed by atoms with Crippen LogP contribution in [0.3, 0.4) is 0 Å². The summed E-state index contributed by atoms with van der Waals surface area (Å²) >= 11 is 0. The molecule has 2 saturated heterocycles. The lowest BCUT2D eigenvalue weighted by Gasteiger charge is -2.35. The van der Waals surface area contributed by atoms with Gasteiger partial charge in [-0.15, -0.1) is 0 Å². The summed E-state index contributed by atoms with van der Waals surface area (Å²) in [6.07, 6.45) is 0. The second-order valence-electron chi connectivity index (χ2n) is 6.78. The fourth-order valence-corrected chi connectivity index (χ4v) is 3.87. The third-order valence-electron chi connectivity index (χ3n) is 5.26. The maximum atomic E-state index is 12.9. The van der Waals surface area contributed by atoms with Crippen molar-refractivity contribution in [1.82, 2.24) is 10.2 Å². The minimum absolute atomic E-state index is 0.0939. The lowest BCUT2D eigenvalue weighted by atomic mass is 9.84. The van der Waals surface area contributed by atoms with E-state index in [-0.39, 0.29) is 11.4 Å². The minimum Gasteiger partial charge on any atom is -0.496 e. The van der Waals surface area contributed by atoms with Crippen LogP contribution >= 0.6 is 0 Å². The van der Waals surface area contributed by atoms with Gasteiger partial charge in [-0.25, -0.2) is 0 Å². The summed E-state index contributed by atoms with van der Waals surface area (Å²) in [4.78, 5) is 15.0. The number of nitrogens with zero attached hydrogens (tertiary/aromatic N) is 1. The first-order valence-electron chi connectivity index (χ1n) is 7.62. The molecular formula is C17H24N2O2. The number of carbonyl (C=O) groups excluding carboxylic acids is 1. The van der Waals surface area contributed by atoms with Gasteiger partial charge in [-0.3, -0.25) is 4.79 Å². The Kier molecular flexibility index (Phi) is 3.44. The van der Waals surface area contributed by atoms with Gasteiger partial charge in [0, 0.05) is 30.7 Å². The number of likely N-dealkylation sites (tertiary alicyclic amines) is 1. The largest absolute Gasteiger partial charge is 0.496 e. The highest BCUT2D eigenvalue weighted by Gasteiger charge is 2.51. The molecule has 1 amide bonds. The SMILES string of the molecule is COc1cc(C(=O)N2CC3CNCC3C2(C)C)ccc1C. The van der Waals surface area contributed by atoms with Gasteiger partial charge in [-0.2, -0.15) is 0 Å². The summed E-state index contributed by atoms with van der Waals surface area (Å²) in [5, 5.41) is 3.45. The Balaban J connectivity index is 1.89. The molecule has 2 aliphatic heterocycles. The van der Waals surface area contributed by atoms with E-state index in [1.807, 2.05) is 30.0 Å². The van der Waals surface area contributed by atoms with E-state index in [0.29, 0.717) is 11.8 Å². The van der Waals surface area contributed by atoms with Crippen LogP contribution in [0, 0.1) is 18.8 Å². The van der Waals surface area contributed by atoms with E-state index in [0.717, 1.165) is 36.5 Å². The number of benzene rings is 1. The molecule has 0 saturated carbocycles. The van der Waals surface area contributed by atoms with E-state index in [9.17, 15) is 4.79 Å². The standard InChI is InChI=1S/C17H24N2O2/c1-11-5-6-12(7-15(11)21-4)16(20)19-10-13-8-18-9-14(13)17(19,2)3/h5-7,13-14,18H,8-10H2,1-4H3. The van der Waals surface area contributed by atoms with Crippen molar-refractivity contribution in [3.8, 4) is 5.75 Å². The molecule has 2 atom stereocenters. The van der Waals surface area contributed by atoms with Crippen LogP contribution in [-0.2, 0) is 0 Å². The predicted octanol–water partition coefficient (Wildman–Crippen LogP) is 2.07. The monoisotopic (exact) mass is 288 g/mol. The van der Waals surface area contributed by atoms with Gasteiger partial charge in [0.25, 0.3) is 5.91 Å². The molecule has 1 N–H and O–H groups in total. The molecule has 2 aliphatic rings. The molecule has 0 bridgehead atoms. The molecule has 1 aromatic carbocycles. The fraction of sp³-hybridized carbons (Fsp3) is 0.588. The second-order valence-corrected chi connectivity index (χ2v) is 6.78. The zero-order valence-electron chi connectivity index (χ0n) is 13.3. The van der Waals surface area contributed by atoms with Crippen molar-refractivity contribution in [1.29, 1.82) is 0 Å². The number of rotatable bonds is 2. The Bertz CT molecular complexity index is 568. The summed E-state index contributed by atoms with van der Waals surface area (Å²) in [6, 6.07) is 5.72. The molecule has 0 aromatic heterocycles. The number of hydrogen-bond donors (Lipinski definition) is 1. The molecule has 4 nitrogen and oxygen atoms in total. The molecule has 0 aliphatic carbocycles. The van der Waals surface area contributed by atoms with E-state index in [1.54, 1.807) is 7.11 Å². The van der Waals surface area contributed by atoms with Crippen molar-refractivity contribution < 1.29 is 9.53 Å². The van der Waals surface area contributed by atoms with E-state index < -0.39 is 0 Å². The van der Waals surface area contributed by atoms with Gasteiger partial charge in [0.05, 0.1) is 7.11 Å². The number of aryl methyl sites for hydroxylation is 1. The van der Waals surface area contributed by atoms with Crippen molar-refractivity contribution >= 4 is 5.91 Å². The highest BCUT2D eigenvalue weighted by atomic mass is 16.5. The van der Waals surface area contributed by atoms with E-state index in [1.165, 1.54) is 0 Å². The minimum atomic E-state index is -0.0939. The van der Waals surface area contributed by atoms with Gasteiger partial charge in [-0.05, 0) is 50.3 Å². The van der Waals surface area contributed by atoms with E-state index >= 15 is 0 Å². The van der Waals surface area contributed by atoms with Gasteiger partial charge in [0.1, 0.15) is 5.75 Å². The van der Waals surface area contributed by atoms with Crippen molar-refractivity contribution in [2.45, 2.75) is 26.3 Å². The van der Waals surface area contributed by atoms with E-state index in [2.05, 4.69) is 19.2 Å². The van der Waals surface area contributed by atoms with Crippen LogP contribution < -0.4 is 10.1 Å². The molecule has 2 heterocycles. The van der Waals surface area contributed by atoms with Gasteiger partial charge in [0.15, 0.2) is 0 Å². The topological polar surface area (TPSA) is 41.6 Å².